The lowest BCUT2D eigenvalue weighted by Crippen LogP contribution is -2.62. The molecule has 0 aromatic heterocycles. The molecule has 0 spiro atoms. The predicted molar refractivity (Wildman–Crippen MR) is 126 cm³/mol. The van der Waals surface area contributed by atoms with Crippen LogP contribution in [0.5, 0.6) is 0 Å². The van der Waals surface area contributed by atoms with E-state index in [2.05, 4.69) is 0 Å². The molecule has 2 saturated heterocycles. The van der Waals surface area contributed by atoms with Crippen LogP contribution in [-0.4, -0.2) is 158 Å². The van der Waals surface area contributed by atoms with Gasteiger partial charge in [0, 0.05) is 12.5 Å². The molecule has 2 fully saturated rings. The Balaban J connectivity index is 2.20. The van der Waals surface area contributed by atoms with Crippen LogP contribution < -0.4 is 0 Å². The topological polar surface area (TPSA) is 272 Å². The number of carbonyl (C=O) groups is 2. The Morgan fingerprint density at radius 2 is 1.30 bits per heavy atom. The zero-order valence-electron chi connectivity index (χ0n) is 22.2. The monoisotopic (exact) mass is 588 g/mol. The second kappa shape index (κ2) is 15.6. The lowest BCUT2D eigenvalue weighted by molar-refractivity contribution is -0.340. The maximum absolute atomic E-state index is 11.9. The smallest absolute Gasteiger partial charge is 0.335 e. The fraction of sp³-hybridized carbons (Fsp3) is 0.913. The van der Waals surface area contributed by atoms with Crippen molar-refractivity contribution in [1.82, 2.24) is 0 Å². The molecule has 2 rings (SSSR count). The van der Waals surface area contributed by atoms with Crippen molar-refractivity contribution < 1.29 is 84.0 Å². The Kier molecular flexibility index (Phi) is 13.5. The third kappa shape index (κ3) is 8.25. The van der Waals surface area contributed by atoms with E-state index >= 15 is 0 Å². The van der Waals surface area contributed by atoms with E-state index < -0.39 is 111 Å². The van der Waals surface area contributed by atoms with E-state index in [-0.39, 0.29) is 6.61 Å². The fourth-order valence-corrected chi connectivity index (χ4v) is 4.07. The molecule has 0 amide bonds. The zero-order chi connectivity index (χ0) is 30.3. The molecule has 40 heavy (non-hydrogen) atoms. The molecular weight excluding hydrogens is 548 g/mol. The Morgan fingerprint density at radius 1 is 0.750 bits per heavy atom. The van der Waals surface area contributed by atoms with Crippen LogP contribution in [0, 0.1) is 5.92 Å². The van der Waals surface area contributed by atoms with Gasteiger partial charge >= 0.3 is 11.9 Å². The standard InChI is InChI=1S/C23H40O17/c1-4-5-35-22-15(30)13(28)16(18(40-22)20(33)34)38-21(8(2)3)36-9(6-24)10(7-25)37-23-14(29)11(26)12(27)17(39-23)19(31)32/h8-18,21-30H,4-7H2,1-3H3,(H,31,32)(H,33,34)/t9?,10-,11?,12-,13?,14-,15-,16-,17?,18?,21+,22+,23+/m0/s1. The molecule has 0 aliphatic carbocycles. The van der Waals surface area contributed by atoms with Crippen molar-refractivity contribution in [2.45, 2.75) is 107 Å². The van der Waals surface area contributed by atoms with Crippen molar-refractivity contribution in [3.05, 3.63) is 0 Å². The molecule has 2 heterocycles. The van der Waals surface area contributed by atoms with Gasteiger partial charge in [0.05, 0.1) is 13.2 Å². The van der Waals surface area contributed by atoms with Crippen molar-refractivity contribution in [1.29, 1.82) is 0 Å². The SMILES string of the molecule is CCCO[C@@H]1OC(C(=O)O)[C@@H](O[C@@H](OC(CO)[C@H](CO)O[C@@H]2OC(C(=O)O)[C@@H](O)C(O)[C@@H]2O)C(C)C)C(O)[C@@H]1O. The van der Waals surface area contributed by atoms with Gasteiger partial charge in [-0.05, 0) is 6.42 Å². The first-order chi connectivity index (χ1) is 18.8. The first-order valence-electron chi connectivity index (χ1n) is 12.7. The molecule has 17 nitrogen and oxygen atoms in total. The summed E-state index contributed by atoms with van der Waals surface area (Å²) < 4.78 is 32.5. The van der Waals surface area contributed by atoms with E-state index in [4.69, 9.17) is 28.4 Å². The minimum atomic E-state index is -1.99. The van der Waals surface area contributed by atoms with Gasteiger partial charge in [-0.15, -0.1) is 0 Å². The molecule has 0 saturated carbocycles. The van der Waals surface area contributed by atoms with Crippen LogP contribution in [0.25, 0.3) is 0 Å². The maximum atomic E-state index is 11.9. The van der Waals surface area contributed by atoms with E-state index in [1.54, 1.807) is 20.8 Å². The average Bonchev–Trinajstić information content (AvgIpc) is 2.90. The Hall–Kier alpha value is -1.58. The minimum Gasteiger partial charge on any atom is -0.479 e. The van der Waals surface area contributed by atoms with Crippen LogP contribution in [0.3, 0.4) is 0 Å². The highest BCUT2D eigenvalue weighted by atomic mass is 16.8. The summed E-state index contributed by atoms with van der Waals surface area (Å²) in [4.78, 5) is 23.2. The highest BCUT2D eigenvalue weighted by Gasteiger charge is 2.51. The first-order valence-corrected chi connectivity index (χ1v) is 12.7. The predicted octanol–water partition coefficient (Wildman–Crippen LogP) is -4.04. The van der Waals surface area contributed by atoms with Crippen LogP contribution in [0.2, 0.25) is 0 Å². The molecule has 2 aliphatic rings. The number of ether oxygens (including phenoxy) is 6. The Bertz CT molecular complexity index is 797. The molecule has 5 unspecified atom stereocenters. The molecular formula is C23H40O17. The highest BCUT2D eigenvalue weighted by molar-refractivity contribution is 5.73. The molecule has 0 aromatic rings. The van der Waals surface area contributed by atoms with E-state index in [1.165, 1.54) is 0 Å². The van der Waals surface area contributed by atoms with Crippen molar-refractivity contribution in [2.24, 2.45) is 5.92 Å². The van der Waals surface area contributed by atoms with Crippen LogP contribution in [0.1, 0.15) is 27.2 Å². The van der Waals surface area contributed by atoms with Gasteiger partial charge in [-0.25, -0.2) is 9.59 Å². The molecule has 13 atom stereocenters. The van der Waals surface area contributed by atoms with Crippen molar-refractivity contribution >= 4 is 11.9 Å². The molecule has 0 radical (unpaired) electrons. The number of aliphatic carboxylic acids is 2. The third-order valence-electron chi connectivity index (χ3n) is 6.32. The van der Waals surface area contributed by atoms with Crippen LogP contribution in [0.4, 0.5) is 0 Å². The van der Waals surface area contributed by atoms with Crippen molar-refractivity contribution in [2.75, 3.05) is 19.8 Å². The van der Waals surface area contributed by atoms with Crippen molar-refractivity contribution in [3.63, 3.8) is 0 Å². The summed E-state index contributed by atoms with van der Waals surface area (Å²) in [5, 5.41) is 89.9. The first kappa shape index (κ1) is 34.6. The van der Waals surface area contributed by atoms with Crippen LogP contribution in [0.15, 0.2) is 0 Å². The summed E-state index contributed by atoms with van der Waals surface area (Å²) in [6.45, 7) is 3.30. The summed E-state index contributed by atoms with van der Waals surface area (Å²) in [6, 6.07) is 0. The third-order valence-corrected chi connectivity index (χ3v) is 6.32. The van der Waals surface area contributed by atoms with Crippen LogP contribution in [-0.2, 0) is 38.0 Å². The summed E-state index contributed by atoms with van der Waals surface area (Å²) >= 11 is 0. The van der Waals surface area contributed by atoms with Gasteiger partial charge < -0.3 is 74.4 Å². The van der Waals surface area contributed by atoms with E-state index in [9.17, 15) is 55.5 Å². The van der Waals surface area contributed by atoms with Gasteiger partial charge in [0.2, 0.25) is 0 Å². The number of hydrogen-bond donors (Lipinski definition) is 9. The number of carboxylic acids is 2. The van der Waals surface area contributed by atoms with Gasteiger partial charge in [0.1, 0.15) is 48.8 Å². The average molecular weight is 589 g/mol. The molecule has 0 aromatic carbocycles. The molecule has 17 heteroatoms. The van der Waals surface area contributed by atoms with Gasteiger partial charge in [-0.3, -0.25) is 0 Å². The molecule has 9 N–H and O–H groups in total. The molecule has 2 aliphatic heterocycles. The van der Waals surface area contributed by atoms with Gasteiger partial charge in [0.15, 0.2) is 31.1 Å². The number of rotatable bonds is 15. The summed E-state index contributed by atoms with van der Waals surface area (Å²) in [6.07, 6.45) is -22.1. The summed E-state index contributed by atoms with van der Waals surface area (Å²) in [5.41, 5.74) is 0. The zero-order valence-corrected chi connectivity index (χ0v) is 22.2. The van der Waals surface area contributed by atoms with E-state index in [0.29, 0.717) is 6.42 Å². The van der Waals surface area contributed by atoms with Crippen LogP contribution >= 0.6 is 0 Å². The second-order valence-corrected chi connectivity index (χ2v) is 9.78. The highest BCUT2D eigenvalue weighted by Crippen LogP contribution is 2.29. The van der Waals surface area contributed by atoms with Crippen molar-refractivity contribution in [3.8, 4) is 0 Å². The Morgan fingerprint density at radius 3 is 1.80 bits per heavy atom. The van der Waals surface area contributed by atoms with Gasteiger partial charge in [-0.1, -0.05) is 20.8 Å². The normalized spacial score (nSPS) is 37.2. The lowest BCUT2D eigenvalue weighted by Gasteiger charge is -2.43. The number of aliphatic hydroxyl groups excluding tert-OH is 7. The summed E-state index contributed by atoms with van der Waals surface area (Å²) in [7, 11) is 0. The number of aliphatic hydroxyl groups is 7. The maximum Gasteiger partial charge on any atom is 0.335 e. The fourth-order valence-electron chi connectivity index (χ4n) is 4.07. The lowest BCUT2D eigenvalue weighted by atomic mass is 9.98. The Labute approximate surface area is 229 Å². The molecule has 0 bridgehead atoms. The minimum absolute atomic E-state index is 0.118. The number of carboxylic acid groups (broad SMARTS) is 2. The van der Waals surface area contributed by atoms with E-state index in [1.807, 2.05) is 0 Å². The van der Waals surface area contributed by atoms with Gasteiger partial charge in [0.25, 0.3) is 0 Å². The largest absolute Gasteiger partial charge is 0.479 e. The van der Waals surface area contributed by atoms with Gasteiger partial charge in [-0.2, -0.15) is 0 Å². The summed E-state index contributed by atoms with van der Waals surface area (Å²) in [5.74, 6) is -3.79. The van der Waals surface area contributed by atoms with E-state index in [0.717, 1.165) is 0 Å². The second-order valence-electron chi connectivity index (χ2n) is 9.78. The quantitative estimate of drug-likeness (QED) is 0.0823. The molecule has 234 valence electrons. The number of hydrogen-bond acceptors (Lipinski definition) is 15.